The van der Waals surface area contributed by atoms with Crippen molar-refractivity contribution in [3.63, 3.8) is 0 Å². The van der Waals surface area contributed by atoms with Crippen molar-refractivity contribution in [2.75, 3.05) is 6.61 Å². The Morgan fingerprint density at radius 3 is 3.00 bits per heavy atom. The molecule has 72 valence electrons. The molecule has 0 atom stereocenters. The second kappa shape index (κ2) is 5.46. The van der Waals surface area contributed by atoms with Gasteiger partial charge in [0.05, 0.1) is 5.56 Å². The quantitative estimate of drug-likeness (QED) is 0.773. The average molecular weight is 252 g/mol. The molecule has 1 aromatic rings. The van der Waals surface area contributed by atoms with E-state index >= 15 is 0 Å². The molecule has 0 saturated carbocycles. The highest BCUT2D eigenvalue weighted by molar-refractivity contribution is 9.10. The second-order valence-corrected chi connectivity index (χ2v) is 3.55. The lowest BCUT2D eigenvalue weighted by Gasteiger charge is -2.04. The fraction of sp³-hybridized carbons (Fsp3) is 0.182. The molecule has 0 fully saturated rings. The van der Waals surface area contributed by atoms with Gasteiger partial charge in [-0.05, 0) is 25.1 Å². The number of nitrogens with zero attached hydrogens (tertiary/aromatic N) is 1. The number of nitriles is 1. The Kier molecular flexibility index (Phi) is 4.21. The number of rotatable bonds is 3. The van der Waals surface area contributed by atoms with Crippen LogP contribution in [0.3, 0.4) is 0 Å². The number of benzene rings is 1. The number of halogens is 1. The summed E-state index contributed by atoms with van der Waals surface area (Å²) in [5.41, 5.74) is 0.545. The van der Waals surface area contributed by atoms with E-state index in [0.717, 1.165) is 4.47 Å². The lowest BCUT2D eigenvalue weighted by atomic mass is 10.2. The van der Waals surface area contributed by atoms with Crippen LogP contribution in [-0.2, 0) is 0 Å². The average Bonchev–Trinajstić information content (AvgIpc) is 2.20. The van der Waals surface area contributed by atoms with Crippen molar-refractivity contribution in [1.82, 2.24) is 0 Å². The van der Waals surface area contributed by atoms with Gasteiger partial charge in [0.25, 0.3) is 0 Å². The molecular weight excluding hydrogens is 242 g/mol. The van der Waals surface area contributed by atoms with Gasteiger partial charge < -0.3 is 4.74 Å². The molecule has 14 heavy (non-hydrogen) atoms. The molecular formula is C11H10BrNO. The van der Waals surface area contributed by atoms with E-state index in [4.69, 9.17) is 10.00 Å². The summed E-state index contributed by atoms with van der Waals surface area (Å²) in [5.74, 6) is 0.619. The summed E-state index contributed by atoms with van der Waals surface area (Å²) in [4.78, 5) is 0. The molecule has 0 bridgehead atoms. The fourth-order valence-electron chi connectivity index (χ4n) is 0.950. The minimum atomic E-state index is 0.493. The summed E-state index contributed by atoms with van der Waals surface area (Å²) in [6.45, 7) is 2.42. The van der Waals surface area contributed by atoms with Gasteiger partial charge in [0.1, 0.15) is 18.4 Å². The highest BCUT2D eigenvalue weighted by atomic mass is 79.9. The van der Waals surface area contributed by atoms with Crippen molar-refractivity contribution in [1.29, 1.82) is 5.26 Å². The molecule has 3 heteroatoms. The van der Waals surface area contributed by atoms with E-state index in [9.17, 15) is 0 Å². The van der Waals surface area contributed by atoms with Crippen LogP contribution < -0.4 is 4.74 Å². The van der Waals surface area contributed by atoms with Gasteiger partial charge >= 0.3 is 0 Å². The molecule has 0 saturated heterocycles. The Labute approximate surface area is 91.9 Å². The molecule has 0 N–H and O–H groups in total. The zero-order valence-corrected chi connectivity index (χ0v) is 9.41. The maximum absolute atomic E-state index is 8.83. The molecule has 1 aromatic carbocycles. The van der Waals surface area contributed by atoms with Gasteiger partial charge in [-0.2, -0.15) is 5.26 Å². The molecule has 1 rings (SSSR count). The van der Waals surface area contributed by atoms with Crippen molar-refractivity contribution >= 4 is 15.9 Å². The van der Waals surface area contributed by atoms with Crippen LogP contribution in [-0.4, -0.2) is 6.61 Å². The highest BCUT2D eigenvalue weighted by Crippen LogP contribution is 2.22. The third kappa shape index (κ3) is 2.90. The molecule has 0 aliphatic rings. The summed E-state index contributed by atoms with van der Waals surface area (Å²) in [6, 6.07) is 7.46. The van der Waals surface area contributed by atoms with Gasteiger partial charge in [0.15, 0.2) is 0 Å². The fourth-order valence-corrected chi connectivity index (χ4v) is 1.31. The first kappa shape index (κ1) is 10.8. The lowest BCUT2D eigenvalue weighted by Crippen LogP contribution is -1.95. The zero-order chi connectivity index (χ0) is 10.4. The summed E-state index contributed by atoms with van der Waals surface area (Å²) in [7, 11) is 0. The summed E-state index contributed by atoms with van der Waals surface area (Å²) >= 11 is 3.30. The van der Waals surface area contributed by atoms with Gasteiger partial charge in [-0.1, -0.05) is 28.1 Å². The largest absolute Gasteiger partial charge is 0.488 e. The Hall–Kier alpha value is -1.27. The van der Waals surface area contributed by atoms with Crippen LogP contribution >= 0.6 is 15.9 Å². The van der Waals surface area contributed by atoms with E-state index in [0.29, 0.717) is 17.9 Å². The minimum Gasteiger partial charge on any atom is -0.488 e. The highest BCUT2D eigenvalue weighted by Gasteiger charge is 2.02. The van der Waals surface area contributed by atoms with E-state index < -0.39 is 0 Å². The number of ether oxygens (including phenoxy) is 1. The second-order valence-electron chi connectivity index (χ2n) is 2.63. The van der Waals surface area contributed by atoms with Crippen LogP contribution in [0.25, 0.3) is 0 Å². The Balaban J connectivity index is 2.81. The molecule has 0 aliphatic carbocycles. The van der Waals surface area contributed by atoms with Crippen molar-refractivity contribution < 1.29 is 4.74 Å². The molecule has 0 spiro atoms. The van der Waals surface area contributed by atoms with E-state index in [-0.39, 0.29) is 0 Å². The van der Waals surface area contributed by atoms with Crippen LogP contribution in [0.4, 0.5) is 0 Å². The van der Waals surface area contributed by atoms with Crippen molar-refractivity contribution in [3.8, 4) is 11.8 Å². The predicted molar refractivity (Wildman–Crippen MR) is 59.2 cm³/mol. The number of hydrogen-bond donors (Lipinski definition) is 0. The Morgan fingerprint density at radius 2 is 2.36 bits per heavy atom. The Morgan fingerprint density at radius 1 is 1.57 bits per heavy atom. The standard InChI is InChI=1S/C11H10BrNO/c1-2-3-6-14-11-5-4-10(12)7-9(11)8-13/h2-5,7H,6H2,1H3/b3-2+. The summed E-state index contributed by atoms with van der Waals surface area (Å²) in [6.07, 6.45) is 3.80. The van der Waals surface area contributed by atoms with Gasteiger partial charge in [-0.15, -0.1) is 0 Å². The molecule has 0 unspecified atom stereocenters. The molecule has 0 aliphatic heterocycles. The Bertz CT molecular complexity index is 379. The van der Waals surface area contributed by atoms with Crippen LogP contribution in [0.5, 0.6) is 5.75 Å². The maximum Gasteiger partial charge on any atom is 0.137 e. The maximum atomic E-state index is 8.83. The smallest absolute Gasteiger partial charge is 0.137 e. The summed E-state index contributed by atoms with van der Waals surface area (Å²) in [5, 5.41) is 8.83. The van der Waals surface area contributed by atoms with E-state index in [1.165, 1.54) is 0 Å². The molecule has 0 aromatic heterocycles. The predicted octanol–water partition coefficient (Wildman–Crippen LogP) is 3.28. The van der Waals surface area contributed by atoms with Gasteiger partial charge in [0.2, 0.25) is 0 Å². The van der Waals surface area contributed by atoms with Crippen LogP contribution in [0.1, 0.15) is 12.5 Å². The first-order valence-corrected chi connectivity index (χ1v) is 5.01. The first-order valence-electron chi connectivity index (χ1n) is 4.21. The molecule has 0 amide bonds. The topological polar surface area (TPSA) is 33.0 Å². The monoisotopic (exact) mass is 251 g/mol. The van der Waals surface area contributed by atoms with Crippen molar-refractivity contribution in [2.45, 2.75) is 6.92 Å². The van der Waals surface area contributed by atoms with Crippen LogP contribution in [0, 0.1) is 11.3 Å². The molecule has 0 heterocycles. The first-order chi connectivity index (χ1) is 6.77. The molecule has 0 radical (unpaired) electrons. The summed E-state index contributed by atoms with van der Waals surface area (Å²) < 4.78 is 6.28. The van der Waals surface area contributed by atoms with E-state index in [1.807, 2.05) is 25.1 Å². The van der Waals surface area contributed by atoms with Crippen LogP contribution in [0.15, 0.2) is 34.8 Å². The van der Waals surface area contributed by atoms with Crippen LogP contribution in [0.2, 0.25) is 0 Å². The third-order valence-corrected chi connectivity index (χ3v) is 2.13. The third-order valence-electron chi connectivity index (χ3n) is 1.63. The van der Waals surface area contributed by atoms with Gasteiger partial charge in [-0.3, -0.25) is 0 Å². The van der Waals surface area contributed by atoms with Gasteiger partial charge in [0, 0.05) is 4.47 Å². The normalized spacial score (nSPS) is 10.1. The van der Waals surface area contributed by atoms with Crippen molar-refractivity contribution in [2.24, 2.45) is 0 Å². The van der Waals surface area contributed by atoms with E-state index in [1.54, 1.807) is 12.1 Å². The number of hydrogen-bond acceptors (Lipinski definition) is 2. The molecule has 2 nitrogen and oxygen atoms in total. The lowest BCUT2D eigenvalue weighted by molar-refractivity contribution is 0.361. The SMILES string of the molecule is C/C=C/COc1ccc(Br)cc1C#N. The van der Waals surface area contributed by atoms with E-state index in [2.05, 4.69) is 22.0 Å². The zero-order valence-electron chi connectivity index (χ0n) is 7.83. The number of allylic oxidation sites excluding steroid dienone is 1. The van der Waals surface area contributed by atoms with Crippen molar-refractivity contribution in [3.05, 3.63) is 40.4 Å². The minimum absolute atomic E-state index is 0.493. The van der Waals surface area contributed by atoms with Gasteiger partial charge in [-0.25, -0.2) is 0 Å².